The SMILES string of the molecule is CC(=O)C(C)(C)CC(=O)C(C)(C)CC(=O)C(C)(C)NC(=O)[C@@H](C)Cc1cnc[nH]1. The first-order valence-electron chi connectivity index (χ1n) is 9.95. The molecule has 29 heavy (non-hydrogen) atoms. The Kier molecular flexibility index (Phi) is 7.68. The van der Waals surface area contributed by atoms with Crippen molar-refractivity contribution in [1.29, 1.82) is 0 Å². The minimum absolute atomic E-state index is 0.0119. The summed E-state index contributed by atoms with van der Waals surface area (Å²) < 4.78 is 0. The van der Waals surface area contributed by atoms with Gasteiger partial charge >= 0.3 is 0 Å². The summed E-state index contributed by atoms with van der Waals surface area (Å²) in [6.07, 6.45) is 3.77. The molecule has 0 fully saturated rings. The van der Waals surface area contributed by atoms with Gasteiger partial charge in [-0.05, 0) is 20.8 Å². The summed E-state index contributed by atoms with van der Waals surface area (Å²) in [5.41, 5.74) is -1.94. The number of hydrogen-bond acceptors (Lipinski definition) is 5. The van der Waals surface area contributed by atoms with Gasteiger partial charge in [0.25, 0.3) is 0 Å². The highest BCUT2D eigenvalue weighted by molar-refractivity contribution is 5.98. The molecule has 0 unspecified atom stereocenters. The molecule has 1 amide bonds. The second-order valence-electron chi connectivity index (χ2n) is 9.82. The van der Waals surface area contributed by atoms with Crippen molar-refractivity contribution in [2.75, 3.05) is 0 Å². The van der Waals surface area contributed by atoms with Crippen molar-refractivity contribution in [3.8, 4) is 0 Å². The molecule has 1 heterocycles. The quantitative estimate of drug-likeness (QED) is 0.588. The van der Waals surface area contributed by atoms with Gasteiger partial charge in [0, 0.05) is 47.9 Å². The van der Waals surface area contributed by atoms with Crippen molar-refractivity contribution < 1.29 is 19.2 Å². The van der Waals surface area contributed by atoms with Gasteiger partial charge in [-0.25, -0.2) is 4.98 Å². The second kappa shape index (κ2) is 9.01. The van der Waals surface area contributed by atoms with E-state index in [1.54, 1.807) is 61.0 Å². The molecular weight excluding hydrogens is 370 g/mol. The molecule has 0 aliphatic heterocycles. The maximum absolute atomic E-state index is 12.9. The predicted molar refractivity (Wildman–Crippen MR) is 111 cm³/mol. The first kappa shape index (κ1) is 24.7. The predicted octanol–water partition coefficient (Wildman–Crippen LogP) is 3.04. The number of hydrogen-bond donors (Lipinski definition) is 2. The van der Waals surface area contributed by atoms with Crippen molar-refractivity contribution in [1.82, 2.24) is 15.3 Å². The van der Waals surface area contributed by atoms with Crippen LogP contribution in [0.2, 0.25) is 0 Å². The molecule has 7 heteroatoms. The molecule has 162 valence electrons. The van der Waals surface area contributed by atoms with Crippen LogP contribution in [0.15, 0.2) is 12.5 Å². The largest absolute Gasteiger partial charge is 0.348 e. The third-order valence-corrected chi connectivity index (χ3v) is 5.57. The standard InChI is InChI=1S/C22H35N3O4/c1-14(9-16-12-23-13-24-16)19(29)25-22(7,8)18(28)11-21(5,6)17(27)10-20(3,4)15(2)26/h12-14H,9-11H2,1-8H3,(H,23,24)(H,25,29)/t14-/m0/s1. The molecule has 1 rings (SSSR count). The van der Waals surface area contributed by atoms with E-state index in [-0.39, 0.29) is 42.0 Å². The molecule has 0 bridgehead atoms. The van der Waals surface area contributed by atoms with Gasteiger partial charge < -0.3 is 10.3 Å². The molecule has 0 radical (unpaired) electrons. The van der Waals surface area contributed by atoms with Crippen LogP contribution in [0.4, 0.5) is 0 Å². The highest BCUT2D eigenvalue weighted by Gasteiger charge is 2.40. The number of nitrogens with one attached hydrogen (secondary N) is 2. The maximum Gasteiger partial charge on any atom is 0.223 e. The van der Waals surface area contributed by atoms with E-state index >= 15 is 0 Å². The van der Waals surface area contributed by atoms with Crippen molar-refractivity contribution in [2.45, 2.75) is 80.2 Å². The number of aromatic nitrogens is 2. The van der Waals surface area contributed by atoms with E-state index in [9.17, 15) is 19.2 Å². The maximum atomic E-state index is 12.9. The molecule has 0 aliphatic carbocycles. The van der Waals surface area contributed by atoms with Crippen LogP contribution in [0.3, 0.4) is 0 Å². The van der Waals surface area contributed by atoms with Gasteiger partial charge in [-0.2, -0.15) is 0 Å². The number of aromatic amines is 1. The number of H-pyrrole nitrogens is 1. The number of nitrogens with zero attached hydrogens (tertiary/aromatic N) is 1. The van der Waals surface area contributed by atoms with E-state index in [4.69, 9.17) is 0 Å². The fourth-order valence-corrected chi connectivity index (χ4v) is 2.81. The fraction of sp³-hybridized carbons (Fsp3) is 0.682. The Bertz CT molecular complexity index is 761. The lowest BCUT2D eigenvalue weighted by Gasteiger charge is -2.32. The van der Waals surface area contributed by atoms with E-state index in [2.05, 4.69) is 15.3 Å². The molecule has 1 aromatic heterocycles. The van der Waals surface area contributed by atoms with Crippen LogP contribution in [0, 0.1) is 16.7 Å². The van der Waals surface area contributed by atoms with E-state index in [0.29, 0.717) is 6.42 Å². The Balaban J connectivity index is 2.75. The number of carbonyl (C=O) groups is 4. The molecule has 0 spiro atoms. The average molecular weight is 406 g/mol. The third kappa shape index (κ3) is 6.91. The number of rotatable bonds is 11. The Morgan fingerprint density at radius 3 is 2.03 bits per heavy atom. The summed E-state index contributed by atoms with van der Waals surface area (Å²) in [6.45, 7) is 13.4. The second-order valence-corrected chi connectivity index (χ2v) is 9.82. The number of amides is 1. The summed E-state index contributed by atoms with van der Waals surface area (Å²) in [4.78, 5) is 56.8. The number of Topliss-reactive ketones (excluding diaryl/α,β-unsaturated/α-hetero) is 3. The van der Waals surface area contributed by atoms with Gasteiger partial charge in [0.1, 0.15) is 11.6 Å². The number of carbonyl (C=O) groups excluding carboxylic acids is 4. The molecule has 7 nitrogen and oxygen atoms in total. The molecule has 0 aromatic carbocycles. The summed E-state index contributed by atoms with van der Waals surface area (Å²) in [5, 5.41) is 2.81. The normalized spacial score (nSPS) is 13.7. The van der Waals surface area contributed by atoms with E-state index < -0.39 is 16.4 Å². The highest BCUT2D eigenvalue weighted by atomic mass is 16.2. The van der Waals surface area contributed by atoms with Crippen molar-refractivity contribution in [3.05, 3.63) is 18.2 Å². The van der Waals surface area contributed by atoms with Gasteiger partial charge in [0.2, 0.25) is 5.91 Å². The van der Waals surface area contributed by atoms with E-state index in [1.165, 1.54) is 6.92 Å². The van der Waals surface area contributed by atoms with Gasteiger partial charge in [-0.15, -0.1) is 0 Å². The highest BCUT2D eigenvalue weighted by Crippen LogP contribution is 2.32. The van der Waals surface area contributed by atoms with Crippen LogP contribution in [0.25, 0.3) is 0 Å². The van der Waals surface area contributed by atoms with Crippen molar-refractivity contribution in [2.24, 2.45) is 16.7 Å². The van der Waals surface area contributed by atoms with E-state index in [0.717, 1.165) is 5.69 Å². The minimum atomic E-state index is -1.10. The molecule has 0 saturated heterocycles. The zero-order valence-corrected chi connectivity index (χ0v) is 18.9. The van der Waals surface area contributed by atoms with Crippen LogP contribution in [-0.2, 0) is 25.6 Å². The fourth-order valence-electron chi connectivity index (χ4n) is 2.81. The summed E-state index contributed by atoms with van der Waals surface area (Å²) in [7, 11) is 0. The molecule has 1 aromatic rings. The summed E-state index contributed by atoms with van der Waals surface area (Å²) >= 11 is 0. The van der Waals surface area contributed by atoms with Crippen LogP contribution in [0.1, 0.15) is 73.9 Å². The van der Waals surface area contributed by atoms with Crippen LogP contribution < -0.4 is 5.32 Å². The van der Waals surface area contributed by atoms with Gasteiger partial charge in [-0.1, -0.05) is 34.6 Å². The lowest BCUT2D eigenvalue weighted by atomic mass is 9.72. The summed E-state index contributed by atoms with van der Waals surface area (Å²) in [5.74, 6) is -1.00. The van der Waals surface area contributed by atoms with Crippen molar-refractivity contribution in [3.63, 3.8) is 0 Å². The number of imidazole rings is 1. The van der Waals surface area contributed by atoms with Crippen molar-refractivity contribution >= 4 is 23.3 Å². The smallest absolute Gasteiger partial charge is 0.223 e. The molecule has 2 N–H and O–H groups in total. The molecule has 1 atom stereocenters. The first-order valence-corrected chi connectivity index (χ1v) is 9.95. The molecule has 0 saturated carbocycles. The lowest BCUT2D eigenvalue weighted by molar-refractivity contribution is -0.139. The van der Waals surface area contributed by atoms with Crippen LogP contribution >= 0.6 is 0 Å². The third-order valence-electron chi connectivity index (χ3n) is 5.57. The molecule has 0 aliphatic rings. The topological polar surface area (TPSA) is 109 Å². The van der Waals surface area contributed by atoms with Gasteiger partial charge in [-0.3, -0.25) is 19.2 Å². The van der Waals surface area contributed by atoms with Crippen LogP contribution in [-0.4, -0.2) is 38.8 Å². The van der Waals surface area contributed by atoms with E-state index in [1.807, 2.05) is 0 Å². The van der Waals surface area contributed by atoms with Crippen LogP contribution in [0.5, 0.6) is 0 Å². The van der Waals surface area contributed by atoms with Gasteiger partial charge in [0.15, 0.2) is 5.78 Å². The average Bonchev–Trinajstić information content (AvgIpc) is 3.06. The zero-order chi connectivity index (χ0) is 22.6. The van der Waals surface area contributed by atoms with Gasteiger partial charge in [0.05, 0.1) is 11.9 Å². The number of ketones is 3. The Labute approximate surface area is 173 Å². The first-order chi connectivity index (χ1) is 13.1. The zero-order valence-electron chi connectivity index (χ0n) is 18.9. The Hall–Kier alpha value is -2.31. The summed E-state index contributed by atoms with van der Waals surface area (Å²) in [6, 6.07) is 0. The lowest BCUT2D eigenvalue weighted by Crippen LogP contribution is -2.53. The molecular formula is C22H35N3O4. The Morgan fingerprint density at radius 2 is 1.55 bits per heavy atom. The minimum Gasteiger partial charge on any atom is -0.348 e. The monoisotopic (exact) mass is 405 g/mol. The Morgan fingerprint density at radius 1 is 1.00 bits per heavy atom.